The van der Waals surface area contributed by atoms with Crippen molar-refractivity contribution in [2.75, 3.05) is 6.26 Å². The van der Waals surface area contributed by atoms with E-state index in [-0.39, 0.29) is 16.4 Å². The number of rotatable bonds is 5. The fraction of sp³-hybridized carbons (Fsp3) is 0.250. The second-order valence-corrected chi connectivity index (χ2v) is 8.55. The van der Waals surface area contributed by atoms with Gasteiger partial charge in [-0.05, 0) is 43.2 Å². The Labute approximate surface area is 157 Å². The largest absolute Gasteiger partial charge is 0.449 e. The molecule has 0 fully saturated rings. The van der Waals surface area contributed by atoms with E-state index in [1.54, 1.807) is 19.1 Å². The number of esters is 1. The summed E-state index contributed by atoms with van der Waals surface area (Å²) in [6.45, 7) is 3.62. The molecule has 142 valence electrons. The summed E-state index contributed by atoms with van der Waals surface area (Å²) in [7, 11) is -3.34. The lowest BCUT2D eigenvalue weighted by Gasteiger charge is -2.24. The quantitative estimate of drug-likeness (QED) is 0.728. The van der Waals surface area contributed by atoms with E-state index in [2.05, 4.69) is 0 Å². The van der Waals surface area contributed by atoms with Crippen LogP contribution in [0.4, 0.5) is 4.39 Å². The molecular weight excluding hydrogens is 371 g/mol. The Morgan fingerprint density at radius 3 is 2.37 bits per heavy atom. The van der Waals surface area contributed by atoms with Gasteiger partial charge in [0.1, 0.15) is 17.2 Å². The van der Waals surface area contributed by atoms with E-state index in [0.29, 0.717) is 17.6 Å². The Bertz CT molecular complexity index is 1020. The van der Waals surface area contributed by atoms with Crippen LogP contribution in [0.3, 0.4) is 0 Å². The van der Waals surface area contributed by atoms with Crippen molar-refractivity contribution in [1.82, 2.24) is 0 Å². The highest BCUT2D eigenvalue weighted by Crippen LogP contribution is 2.42. The number of carbonyl (C=O) groups excluding carboxylic acids is 1. The third-order valence-electron chi connectivity index (χ3n) is 4.52. The van der Waals surface area contributed by atoms with Crippen LogP contribution in [0.5, 0.6) is 5.75 Å². The van der Waals surface area contributed by atoms with Gasteiger partial charge in [0, 0.05) is 12.3 Å². The van der Waals surface area contributed by atoms with E-state index in [9.17, 15) is 17.6 Å². The van der Waals surface area contributed by atoms with Gasteiger partial charge in [0.2, 0.25) is 5.76 Å². The Morgan fingerprint density at radius 2 is 1.81 bits per heavy atom. The van der Waals surface area contributed by atoms with E-state index in [1.807, 2.05) is 6.92 Å². The first kappa shape index (κ1) is 19.1. The Hall–Kier alpha value is -2.67. The molecule has 5 nitrogen and oxygen atoms in total. The SMILES string of the molecule is CC[C@@]1(C)OC(=O)C(Oc2cccc(F)c2)=C1c1ccc(S(C)(=O)=O)cc1. The summed E-state index contributed by atoms with van der Waals surface area (Å²) >= 11 is 0. The second-order valence-electron chi connectivity index (χ2n) is 6.53. The first-order valence-corrected chi connectivity index (χ1v) is 10.3. The molecule has 7 heteroatoms. The van der Waals surface area contributed by atoms with Gasteiger partial charge >= 0.3 is 5.97 Å². The van der Waals surface area contributed by atoms with Gasteiger partial charge in [0.05, 0.1) is 10.5 Å². The number of carbonyl (C=O) groups is 1. The van der Waals surface area contributed by atoms with Gasteiger partial charge in [-0.15, -0.1) is 0 Å². The van der Waals surface area contributed by atoms with E-state index >= 15 is 0 Å². The molecule has 0 bridgehead atoms. The smallest absolute Gasteiger partial charge is 0.375 e. The molecule has 0 N–H and O–H groups in total. The molecule has 1 atom stereocenters. The second kappa shape index (κ2) is 6.81. The van der Waals surface area contributed by atoms with Gasteiger partial charge in [-0.25, -0.2) is 17.6 Å². The molecule has 1 aliphatic rings. The summed E-state index contributed by atoms with van der Waals surface area (Å²) < 4.78 is 48.0. The molecule has 0 aromatic heterocycles. The first-order chi connectivity index (χ1) is 12.6. The lowest BCUT2D eigenvalue weighted by Crippen LogP contribution is -2.26. The van der Waals surface area contributed by atoms with Crippen molar-refractivity contribution in [2.24, 2.45) is 0 Å². The molecule has 0 radical (unpaired) electrons. The molecule has 2 aromatic rings. The first-order valence-electron chi connectivity index (χ1n) is 8.36. The topological polar surface area (TPSA) is 69.7 Å². The Balaban J connectivity index is 2.12. The van der Waals surface area contributed by atoms with Crippen molar-refractivity contribution < 1.29 is 27.1 Å². The number of hydrogen-bond donors (Lipinski definition) is 0. The lowest BCUT2D eigenvalue weighted by molar-refractivity contribution is -0.147. The van der Waals surface area contributed by atoms with Gasteiger partial charge in [-0.1, -0.05) is 25.1 Å². The number of halogens is 1. The van der Waals surface area contributed by atoms with E-state index in [0.717, 1.165) is 6.26 Å². The molecule has 0 saturated carbocycles. The van der Waals surface area contributed by atoms with Crippen molar-refractivity contribution in [3.05, 3.63) is 65.7 Å². The fourth-order valence-electron chi connectivity index (χ4n) is 2.94. The maximum Gasteiger partial charge on any atom is 0.375 e. The maximum atomic E-state index is 13.5. The third-order valence-corrected chi connectivity index (χ3v) is 5.65. The van der Waals surface area contributed by atoms with Gasteiger partial charge in [0.15, 0.2) is 9.84 Å². The van der Waals surface area contributed by atoms with Gasteiger partial charge in [-0.2, -0.15) is 0 Å². The van der Waals surface area contributed by atoms with Gasteiger partial charge in [-0.3, -0.25) is 0 Å². The molecule has 1 heterocycles. The highest BCUT2D eigenvalue weighted by molar-refractivity contribution is 7.90. The van der Waals surface area contributed by atoms with Crippen molar-refractivity contribution in [3.8, 4) is 5.75 Å². The molecule has 3 rings (SSSR count). The average molecular weight is 390 g/mol. The van der Waals surface area contributed by atoms with Crippen LogP contribution in [0.15, 0.2) is 59.2 Å². The number of hydrogen-bond acceptors (Lipinski definition) is 5. The highest BCUT2D eigenvalue weighted by Gasteiger charge is 2.45. The minimum Gasteiger partial charge on any atom is -0.449 e. The monoisotopic (exact) mass is 390 g/mol. The molecular formula is C20H19FO5S. The zero-order chi connectivity index (χ0) is 19.8. The minimum absolute atomic E-state index is 0.0305. The standard InChI is InChI=1S/C20H19FO5S/c1-4-20(2)17(13-8-10-16(11-9-13)27(3,23)24)18(19(22)26-20)25-15-7-5-6-14(21)12-15/h5-12H,4H2,1-3H3/t20-/m1/s1. The molecule has 0 unspecified atom stereocenters. The Kier molecular flexibility index (Phi) is 4.82. The predicted octanol–water partition coefficient (Wildman–Crippen LogP) is 3.74. The molecule has 0 aliphatic carbocycles. The summed E-state index contributed by atoms with van der Waals surface area (Å²) in [5, 5.41) is 0. The molecule has 0 amide bonds. The zero-order valence-corrected chi connectivity index (χ0v) is 16.0. The molecule has 0 spiro atoms. The summed E-state index contributed by atoms with van der Waals surface area (Å²) in [4.78, 5) is 12.6. The minimum atomic E-state index is -3.34. The van der Waals surface area contributed by atoms with Crippen LogP contribution in [0.2, 0.25) is 0 Å². The van der Waals surface area contributed by atoms with Crippen molar-refractivity contribution in [3.63, 3.8) is 0 Å². The maximum absolute atomic E-state index is 13.5. The van der Waals surface area contributed by atoms with Crippen LogP contribution in [0.25, 0.3) is 5.57 Å². The van der Waals surface area contributed by atoms with Crippen molar-refractivity contribution >= 4 is 21.4 Å². The molecule has 27 heavy (non-hydrogen) atoms. The van der Waals surface area contributed by atoms with Crippen molar-refractivity contribution in [2.45, 2.75) is 30.8 Å². The number of sulfone groups is 1. The molecule has 2 aromatic carbocycles. The third kappa shape index (κ3) is 3.73. The summed E-state index contributed by atoms with van der Waals surface area (Å²) in [6, 6.07) is 11.6. The normalized spacial score (nSPS) is 19.9. The lowest BCUT2D eigenvalue weighted by atomic mass is 9.88. The van der Waals surface area contributed by atoms with Crippen LogP contribution in [0, 0.1) is 5.82 Å². The van der Waals surface area contributed by atoms with Crippen LogP contribution in [0.1, 0.15) is 25.8 Å². The predicted molar refractivity (Wildman–Crippen MR) is 98.3 cm³/mol. The van der Waals surface area contributed by atoms with Gasteiger partial charge < -0.3 is 9.47 Å². The van der Waals surface area contributed by atoms with Crippen LogP contribution >= 0.6 is 0 Å². The Morgan fingerprint density at radius 1 is 1.15 bits per heavy atom. The molecule has 0 saturated heterocycles. The fourth-order valence-corrected chi connectivity index (χ4v) is 3.57. The van der Waals surface area contributed by atoms with E-state index < -0.39 is 27.2 Å². The number of benzene rings is 2. The van der Waals surface area contributed by atoms with Crippen molar-refractivity contribution in [1.29, 1.82) is 0 Å². The average Bonchev–Trinajstić information content (AvgIpc) is 2.85. The highest BCUT2D eigenvalue weighted by atomic mass is 32.2. The summed E-state index contributed by atoms with van der Waals surface area (Å²) in [5.41, 5.74) is 0.162. The van der Waals surface area contributed by atoms with Crippen LogP contribution in [-0.4, -0.2) is 26.2 Å². The summed E-state index contributed by atoms with van der Waals surface area (Å²) in [6.07, 6.45) is 1.61. The van der Waals surface area contributed by atoms with E-state index in [1.165, 1.54) is 36.4 Å². The van der Waals surface area contributed by atoms with Crippen LogP contribution < -0.4 is 4.74 Å². The summed E-state index contributed by atoms with van der Waals surface area (Å²) in [5.74, 6) is -0.993. The van der Waals surface area contributed by atoms with E-state index in [4.69, 9.17) is 9.47 Å². The molecule has 1 aliphatic heterocycles. The van der Waals surface area contributed by atoms with Gasteiger partial charge in [0.25, 0.3) is 0 Å². The number of ether oxygens (including phenoxy) is 2. The van der Waals surface area contributed by atoms with Crippen LogP contribution in [-0.2, 0) is 19.4 Å². The number of cyclic esters (lactones) is 1. The zero-order valence-electron chi connectivity index (χ0n) is 15.2.